The molecule has 6 N–H and O–H groups in total. The van der Waals surface area contributed by atoms with Crippen LogP contribution in [0, 0.1) is 0 Å². The fourth-order valence-corrected chi connectivity index (χ4v) is 6.11. The van der Waals surface area contributed by atoms with Crippen molar-refractivity contribution in [1.82, 2.24) is 19.7 Å². The van der Waals surface area contributed by atoms with E-state index in [0.717, 1.165) is 5.39 Å². The second-order valence-corrected chi connectivity index (χ2v) is 11.1. The number of hydrogen-bond acceptors (Lipinski definition) is 10. The van der Waals surface area contributed by atoms with Gasteiger partial charge in [0.05, 0.1) is 12.3 Å². The van der Waals surface area contributed by atoms with E-state index in [1.807, 2.05) is 0 Å². The van der Waals surface area contributed by atoms with Gasteiger partial charge in [0.2, 0.25) is 0 Å². The summed E-state index contributed by atoms with van der Waals surface area (Å²) in [4.78, 5) is 15.4. The van der Waals surface area contributed by atoms with Crippen LogP contribution in [0.4, 0.5) is 10.2 Å². The van der Waals surface area contributed by atoms with Gasteiger partial charge in [0.1, 0.15) is 54.2 Å². The number of nitrogens with one attached hydrogen (secondary N) is 1. The van der Waals surface area contributed by atoms with Gasteiger partial charge in [-0.15, -0.1) is 0 Å². The summed E-state index contributed by atoms with van der Waals surface area (Å²) < 4.78 is 46.9. The lowest BCUT2D eigenvalue weighted by Gasteiger charge is -2.31. The molecule has 3 heterocycles. The topological polar surface area (TPSA) is 191 Å². The van der Waals surface area contributed by atoms with Gasteiger partial charge in [-0.25, -0.2) is 18.5 Å². The molecule has 1 aliphatic heterocycles. The third-order valence-electron chi connectivity index (χ3n) is 6.73. The van der Waals surface area contributed by atoms with Crippen LogP contribution in [0.2, 0.25) is 0 Å². The van der Waals surface area contributed by atoms with Crippen molar-refractivity contribution in [3.05, 3.63) is 66.6 Å². The van der Waals surface area contributed by atoms with Crippen LogP contribution in [-0.2, 0) is 18.6 Å². The van der Waals surface area contributed by atoms with Crippen molar-refractivity contribution in [2.24, 2.45) is 0 Å². The molecule has 0 saturated carbocycles. The van der Waals surface area contributed by atoms with E-state index >= 15 is 0 Å². The lowest BCUT2D eigenvalue weighted by molar-refractivity contribution is -0.138. The lowest BCUT2D eigenvalue weighted by Crippen LogP contribution is -2.49. The van der Waals surface area contributed by atoms with Gasteiger partial charge < -0.3 is 30.3 Å². The van der Waals surface area contributed by atoms with Crippen LogP contribution in [0.15, 0.2) is 60.9 Å². The molecule has 212 valence electrons. The smallest absolute Gasteiger partial charge is 0.459 e. The second kappa shape index (κ2) is 10.7. The van der Waals surface area contributed by atoms with Crippen molar-refractivity contribution in [3.63, 3.8) is 0 Å². The van der Waals surface area contributed by atoms with Crippen LogP contribution >= 0.6 is 7.75 Å². The Morgan fingerprint density at radius 2 is 2.00 bits per heavy atom. The minimum Gasteiger partial charge on any atom is -0.480 e. The van der Waals surface area contributed by atoms with E-state index in [1.54, 1.807) is 42.5 Å². The Balaban J connectivity index is 1.44. The molecule has 13 nitrogen and oxygen atoms in total. The SMILES string of the molecule is C[C@H](NP(=O)(OC[C@@]1(CF)O[C@@H](c2ccc3c(N)ncnn23)[C@H](O)[C@@H]1O)Oc1cccc2ccccc12)C(=O)O. The zero-order chi connectivity index (χ0) is 28.7. The van der Waals surface area contributed by atoms with E-state index in [0.29, 0.717) is 10.9 Å². The summed E-state index contributed by atoms with van der Waals surface area (Å²) in [5.41, 5.74) is 4.32. The van der Waals surface area contributed by atoms with Crippen molar-refractivity contribution in [2.45, 2.75) is 36.9 Å². The number of anilines is 1. The standard InChI is InChI=1S/C25H27FN5O8P/c1-14(24(34)35)30-40(36,39-19-8-4-6-15-5-2-3-7-16(15)19)37-12-25(11-26)22(33)20(32)21(38-25)17-9-10-18-23(27)28-13-29-31(17)18/h2-10,13-14,20-22,32-33H,11-12H2,1H3,(H,30,36)(H,34,35)(H2,27,28,29)/t14-,20-,21-,22-,25+,40?/m0/s1. The van der Waals surface area contributed by atoms with Crippen LogP contribution < -0.4 is 15.3 Å². The van der Waals surface area contributed by atoms with Gasteiger partial charge in [0, 0.05) is 5.39 Å². The van der Waals surface area contributed by atoms with Gasteiger partial charge in [0.15, 0.2) is 5.82 Å². The number of hydrogen-bond donors (Lipinski definition) is 5. The first-order valence-electron chi connectivity index (χ1n) is 12.2. The molecule has 0 bridgehead atoms. The number of carbonyl (C=O) groups is 1. The van der Waals surface area contributed by atoms with Crippen molar-refractivity contribution in [1.29, 1.82) is 0 Å². The number of nitrogen functional groups attached to an aromatic ring is 1. The molecule has 2 aromatic carbocycles. The van der Waals surface area contributed by atoms with E-state index in [4.69, 9.17) is 19.5 Å². The molecule has 2 aromatic heterocycles. The summed E-state index contributed by atoms with van der Waals surface area (Å²) >= 11 is 0. The molecule has 4 aromatic rings. The van der Waals surface area contributed by atoms with Gasteiger partial charge >= 0.3 is 13.7 Å². The maximum absolute atomic E-state index is 14.6. The van der Waals surface area contributed by atoms with Crippen molar-refractivity contribution in [3.8, 4) is 5.75 Å². The van der Waals surface area contributed by atoms with E-state index in [1.165, 1.54) is 29.9 Å². The number of fused-ring (bicyclic) bond motifs is 2. The zero-order valence-corrected chi connectivity index (χ0v) is 22.0. The Bertz CT molecular complexity index is 1600. The number of aliphatic hydroxyl groups is 2. The van der Waals surface area contributed by atoms with Crippen LogP contribution in [0.1, 0.15) is 18.7 Å². The molecule has 0 spiro atoms. The molecule has 1 fully saturated rings. The zero-order valence-electron chi connectivity index (χ0n) is 21.1. The average Bonchev–Trinajstić information content (AvgIpc) is 3.48. The van der Waals surface area contributed by atoms with Crippen LogP contribution in [0.25, 0.3) is 16.3 Å². The summed E-state index contributed by atoms with van der Waals surface area (Å²) in [5.74, 6) is -1.08. The first-order valence-corrected chi connectivity index (χ1v) is 13.7. The van der Waals surface area contributed by atoms with E-state index in [2.05, 4.69) is 15.2 Å². The van der Waals surface area contributed by atoms with Gasteiger partial charge in [-0.3, -0.25) is 9.32 Å². The molecule has 1 saturated heterocycles. The fourth-order valence-electron chi connectivity index (χ4n) is 4.54. The highest BCUT2D eigenvalue weighted by atomic mass is 31.2. The number of nitrogens with two attached hydrogens (primary N) is 1. The molecule has 1 unspecified atom stereocenters. The van der Waals surface area contributed by atoms with Gasteiger partial charge in [-0.05, 0) is 30.5 Å². The molecule has 0 amide bonds. The van der Waals surface area contributed by atoms with E-state index in [-0.39, 0.29) is 17.3 Å². The number of nitrogens with zero attached hydrogens (tertiary/aromatic N) is 3. The maximum Gasteiger partial charge on any atom is 0.459 e. The highest BCUT2D eigenvalue weighted by Gasteiger charge is 2.57. The Hall–Kier alpha value is -3.65. The summed E-state index contributed by atoms with van der Waals surface area (Å²) in [6.45, 7) is -1.01. The van der Waals surface area contributed by atoms with Gasteiger partial charge in [-0.2, -0.15) is 10.2 Å². The predicted molar refractivity (Wildman–Crippen MR) is 140 cm³/mol. The van der Waals surface area contributed by atoms with E-state index < -0.39 is 57.0 Å². The highest BCUT2D eigenvalue weighted by Crippen LogP contribution is 2.49. The number of carboxylic acid groups (broad SMARTS) is 1. The minimum atomic E-state index is -4.55. The minimum absolute atomic E-state index is 0.114. The summed E-state index contributed by atoms with van der Waals surface area (Å²) in [7, 11) is -4.55. The monoisotopic (exact) mass is 575 g/mol. The third-order valence-corrected chi connectivity index (χ3v) is 8.34. The third kappa shape index (κ3) is 5.01. The normalized spacial score (nSPS) is 25.1. The first-order chi connectivity index (χ1) is 19.1. The van der Waals surface area contributed by atoms with Crippen molar-refractivity contribution in [2.75, 3.05) is 19.0 Å². The summed E-state index contributed by atoms with van der Waals surface area (Å²) in [6.07, 6.45) is -3.57. The van der Waals surface area contributed by atoms with E-state index in [9.17, 15) is 29.1 Å². The molecule has 0 aliphatic carbocycles. The van der Waals surface area contributed by atoms with Crippen molar-refractivity contribution < 1.29 is 42.9 Å². The molecule has 15 heteroatoms. The fraction of sp³-hybridized carbons (Fsp3) is 0.320. The number of carboxylic acids is 1. The molecular weight excluding hydrogens is 548 g/mol. The number of aliphatic carboxylic acids is 1. The second-order valence-electron chi connectivity index (χ2n) is 9.40. The number of aliphatic hydroxyl groups excluding tert-OH is 2. The number of rotatable bonds is 10. The molecule has 1 aliphatic rings. The van der Waals surface area contributed by atoms with Crippen molar-refractivity contribution >= 4 is 35.8 Å². The summed E-state index contributed by atoms with van der Waals surface area (Å²) in [5, 5.41) is 38.9. The Morgan fingerprint density at radius 1 is 1.25 bits per heavy atom. The highest BCUT2D eigenvalue weighted by molar-refractivity contribution is 7.52. The first kappa shape index (κ1) is 27.9. The predicted octanol–water partition coefficient (Wildman–Crippen LogP) is 2.23. The summed E-state index contributed by atoms with van der Waals surface area (Å²) in [6, 6.07) is 13.7. The molecule has 5 rings (SSSR count). The molecular formula is C25H27FN5O8P. The molecule has 6 atom stereocenters. The number of halogens is 1. The van der Waals surface area contributed by atoms with Gasteiger partial charge in [0.25, 0.3) is 0 Å². The van der Waals surface area contributed by atoms with Gasteiger partial charge in [-0.1, -0.05) is 36.4 Å². The Labute approximate surface area is 226 Å². The van der Waals surface area contributed by atoms with Crippen LogP contribution in [0.5, 0.6) is 5.75 Å². The number of benzene rings is 2. The number of aromatic nitrogens is 3. The maximum atomic E-state index is 14.6. The quantitative estimate of drug-likeness (QED) is 0.174. The molecule has 40 heavy (non-hydrogen) atoms. The Kier molecular flexibility index (Phi) is 7.48. The largest absolute Gasteiger partial charge is 0.480 e. The molecule has 0 radical (unpaired) electrons. The lowest BCUT2D eigenvalue weighted by atomic mass is 9.96. The number of ether oxygens (including phenoxy) is 1. The van der Waals surface area contributed by atoms with Crippen LogP contribution in [-0.4, -0.2) is 73.0 Å². The Morgan fingerprint density at radius 3 is 2.75 bits per heavy atom. The average molecular weight is 575 g/mol. The number of alkyl halides is 1. The van der Waals surface area contributed by atoms with Crippen LogP contribution in [0.3, 0.4) is 0 Å².